The van der Waals surface area contributed by atoms with Crippen molar-refractivity contribution in [1.29, 1.82) is 0 Å². The molecule has 0 unspecified atom stereocenters. The predicted octanol–water partition coefficient (Wildman–Crippen LogP) is 4.62. The largest absolute Gasteiger partial charge is 0.469 e. The fraction of sp³-hybridized carbons (Fsp3) is 0.409. The lowest BCUT2D eigenvalue weighted by Gasteiger charge is -2.29. The van der Waals surface area contributed by atoms with E-state index in [0.717, 1.165) is 23.4 Å². The fourth-order valence-corrected chi connectivity index (χ4v) is 4.64. The molecule has 152 valence electrons. The minimum Gasteiger partial charge on any atom is -0.469 e. The summed E-state index contributed by atoms with van der Waals surface area (Å²) in [6, 6.07) is 12.1. The standard InChI is InChI=1S/C22H26N4O2S/c1-15-8-6-7-11-19(15)23-20(27)14-29-22-25-24-21(18-12-13-28-16(18)2)26(22)17-9-4-3-5-10-17/h3-5,9-10,12-13,15,19H,6-8,11,14H2,1-2H3,(H,23,27)/t15-,19-/m0/s1. The van der Waals surface area contributed by atoms with Gasteiger partial charge in [-0.2, -0.15) is 0 Å². The molecule has 1 saturated carbocycles. The summed E-state index contributed by atoms with van der Waals surface area (Å²) in [7, 11) is 0. The van der Waals surface area contributed by atoms with Crippen LogP contribution in [0.3, 0.4) is 0 Å². The molecule has 1 fully saturated rings. The van der Waals surface area contributed by atoms with Crippen LogP contribution in [-0.2, 0) is 4.79 Å². The molecule has 4 rings (SSSR count). The van der Waals surface area contributed by atoms with E-state index in [0.29, 0.717) is 22.7 Å². The third-order valence-electron chi connectivity index (χ3n) is 5.54. The van der Waals surface area contributed by atoms with Gasteiger partial charge in [0.25, 0.3) is 0 Å². The van der Waals surface area contributed by atoms with Crippen molar-refractivity contribution in [3.63, 3.8) is 0 Å². The van der Waals surface area contributed by atoms with Crippen LogP contribution in [0.4, 0.5) is 0 Å². The number of thioether (sulfide) groups is 1. The maximum Gasteiger partial charge on any atom is 0.230 e. The quantitative estimate of drug-likeness (QED) is 0.600. The molecule has 0 aliphatic heterocycles. The molecule has 0 spiro atoms. The monoisotopic (exact) mass is 410 g/mol. The topological polar surface area (TPSA) is 72.9 Å². The first-order valence-electron chi connectivity index (χ1n) is 10.1. The second kappa shape index (κ2) is 8.86. The minimum absolute atomic E-state index is 0.0532. The Bertz CT molecular complexity index is 966. The molecule has 1 aliphatic rings. The number of aryl methyl sites for hydroxylation is 1. The van der Waals surface area contributed by atoms with Crippen LogP contribution in [-0.4, -0.2) is 32.5 Å². The first-order chi connectivity index (χ1) is 14.1. The zero-order valence-corrected chi connectivity index (χ0v) is 17.6. The van der Waals surface area contributed by atoms with Crippen LogP contribution in [0.1, 0.15) is 38.4 Å². The normalized spacial score (nSPS) is 19.2. The Balaban J connectivity index is 1.54. The molecule has 1 aliphatic carbocycles. The number of rotatable bonds is 6. The number of carbonyl (C=O) groups is 1. The molecule has 1 amide bonds. The summed E-state index contributed by atoms with van der Waals surface area (Å²) < 4.78 is 7.44. The number of hydrogen-bond donors (Lipinski definition) is 1. The highest BCUT2D eigenvalue weighted by Gasteiger charge is 2.24. The molecule has 7 heteroatoms. The maximum atomic E-state index is 12.6. The van der Waals surface area contributed by atoms with Crippen molar-refractivity contribution in [2.45, 2.75) is 50.7 Å². The molecule has 1 N–H and O–H groups in total. The van der Waals surface area contributed by atoms with Crippen LogP contribution in [0, 0.1) is 12.8 Å². The number of benzene rings is 1. The number of para-hydroxylation sites is 1. The van der Waals surface area contributed by atoms with Crippen molar-refractivity contribution >= 4 is 17.7 Å². The summed E-state index contributed by atoms with van der Waals surface area (Å²) in [5, 5.41) is 12.7. The van der Waals surface area contributed by atoms with E-state index < -0.39 is 0 Å². The molecule has 0 bridgehead atoms. The maximum absolute atomic E-state index is 12.6. The third-order valence-corrected chi connectivity index (χ3v) is 6.47. The van der Waals surface area contributed by atoms with E-state index >= 15 is 0 Å². The number of aromatic nitrogens is 3. The Kier molecular flexibility index (Phi) is 6.04. The van der Waals surface area contributed by atoms with Gasteiger partial charge in [-0.05, 0) is 43.9 Å². The number of nitrogens with zero attached hydrogens (tertiary/aromatic N) is 3. The molecule has 3 aromatic rings. The summed E-state index contributed by atoms with van der Waals surface area (Å²) in [6.45, 7) is 4.13. The van der Waals surface area contributed by atoms with Gasteiger partial charge < -0.3 is 9.73 Å². The summed E-state index contributed by atoms with van der Waals surface area (Å²) in [5.41, 5.74) is 1.85. The van der Waals surface area contributed by atoms with Crippen molar-refractivity contribution in [3.8, 4) is 17.1 Å². The third kappa shape index (κ3) is 4.40. The Morgan fingerprint density at radius 2 is 2.00 bits per heavy atom. The highest BCUT2D eigenvalue weighted by Crippen LogP contribution is 2.30. The highest BCUT2D eigenvalue weighted by molar-refractivity contribution is 7.99. The molecule has 2 heterocycles. The lowest BCUT2D eigenvalue weighted by atomic mass is 9.86. The fourth-order valence-electron chi connectivity index (χ4n) is 3.87. The second-order valence-corrected chi connectivity index (χ2v) is 8.53. The minimum atomic E-state index is 0.0532. The molecular weight excluding hydrogens is 384 g/mol. The Labute approximate surface area is 175 Å². The van der Waals surface area contributed by atoms with Crippen molar-refractivity contribution < 1.29 is 9.21 Å². The summed E-state index contributed by atoms with van der Waals surface area (Å²) in [5.74, 6) is 2.42. The van der Waals surface area contributed by atoms with Gasteiger partial charge in [0.1, 0.15) is 5.76 Å². The number of furan rings is 1. The zero-order valence-electron chi connectivity index (χ0n) is 16.8. The van der Waals surface area contributed by atoms with Gasteiger partial charge in [-0.1, -0.05) is 49.7 Å². The van der Waals surface area contributed by atoms with Gasteiger partial charge in [0.15, 0.2) is 11.0 Å². The van der Waals surface area contributed by atoms with E-state index in [2.05, 4.69) is 22.4 Å². The van der Waals surface area contributed by atoms with Crippen molar-refractivity contribution in [2.75, 3.05) is 5.75 Å². The lowest BCUT2D eigenvalue weighted by molar-refractivity contribution is -0.119. The van der Waals surface area contributed by atoms with Crippen LogP contribution in [0.5, 0.6) is 0 Å². The summed E-state index contributed by atoms with van der Waals surface area (Å²) >= 11 is 1.41. The molecule has 2 aromatic heterocycles. The molecule has 6 nitrogen and oxygen atoms in total. The number of amides is 1. The van der Waals surface area contributed by atoms with E-state index in [1.165, 1.54) is 31.0 Å². The zero-order chi connectivity index (χ0) is 20.2. The van der Waals surface area contributed by atoms with Crippen LogP contribution >= 0.6 is 11.8 Å². The molecule has 0 saturated heterocycles. The molecular formula is C22H26N4O2S. The van der Waals surface area contributed by atoms with E-state index in [1.807, 2.05) is 47.9 Å². The van der Waals surface area contributed by atoms with Crippen LogP contribution in [0.2, 0.25) is 0 Å². The van der Waals surface area contributed by atoms with Crippen molar-refractivity contribution in [1.82, 2.24) is 20.1 Å². The average Bonchev–Trinajstić information content (AvgIpc) is 3.34. The second-order valence-electron chi connectivity index (χ2n) is 7.59. The smallest absolute Gasteiger partial charge is 0.230 e. The average molecular weight is 411 g/mol. The van der Waals surface area contributed by atoms with Gasteiger partial charge in [0, 0.05) is 11.7 Å². The number of carbonyl (C=O) groups excluding carboxylic acids is 1. The molecule has 0 radical (unpaired) electrons. The summed E-state index contributed by atoms with van der Waals surface area (Å²) in [4.78, 5) is 12.6. The number of nitrogens with one attached hydrogen (secondary N) is 1. The van der Waals surface area contributed by atoms with Crippen molar-refractivity contribution in [2.24, 2.45) is 5.92 Å². The van der Waals surface area contributed by atoms with Gasteiger partial charge in [-0.25, -0.2) is 0 Å². The van der Waals surface area contributed by atoms with Gasteiger partial charge in [-0.3, -0.25) is 9.36 Å². The van der Waals surface area contributed by atoms with Crippen LogP contribution in [0.25, 0.3) is 17.1 Å². The number of hydrogen-bond acceptors (Lipinski definition) is 5. The first kappa shape index (κ1) is 19.8. The SMILES string of the molecule is Cc1occc1-c1nnc(SCC(=O)N[C@H]2CCCC[C@@H]2C)n1-c1ccccc1. The van der Waals surface area contributed by atoms with E-state index in [-0.39, 0.29) is 11.9 Å². The highest BCUT2D eigenvalue weighted by atomic mass is 32.2. The van der Waals surface area contributed by atoms with Gasteiger partial charge in [-0.15, -0.1) is 10.2 Å². The molecule has 29 heavy (non-hydrogen) atoms. The molecule has 2 atom stereocenters. The Morgan fingerprint density at radius 3 is 2.72 bits per heavy atom. The van der Waals surface area contributed by atoms with Crippen LogP contribution < -0.4 is 5.32 Å². The van der Waals surface area contributed by atoms with Crippen LogP contribution in [0.15, 0.2) is 52.2 Å². The van der Waals surface area contributed by atoms with E-state index in [9.17, 15) is 4.79 Å². The van der Waals surface area contributed by atoms with Gasteiger partial charge in [0.2, 0.25) is 5.91 Å². The summed E-state index contributed by atoms with van der Waals surface area (Å²) in [6.07, 6.45) is 6.37. The first-order valence-corrected chi connectivity index (χ1v) is 11.1. The molecule has 1 aromatic carbocycles. The van der Waals surface area contributed by atoms with E-state index in [1.54, 1.807) is 6.26 Å². The predicted molar refractivity (Wildman–Crippen MR) is 114 cm³/mol. The Hall–Kier alpha value is -2.54. The lowest BCUT2D eigenvalue weighted by Crippen LogP contribution is -2.41. The van der Waals surface area contributed by atoms with E-state index in [4.69, 9.17) is 4.42 Å². The van der Waals surface area contributed by atoms with Crippen molar-refractivity contribution in [3.05, 3.63) is 48.4 Å². The van der Waals surface area contributed by atoms with Gasteiger partial charge in [0.05, 0.1) is 17.6 Å². The Morgan fingerprint density at radius 1 is 1.21 bits per heavy atom. The van der Waals surface area contributed by atoms with Gasteiger partial charge >= 0.3 is 0 Å².